The molecule has 1 aliphatic heterocycles. The fourth-order valence-electron chi connectivity index (χ4n) is 3.03. The number of hydrogen-bond donors (Lipinski definition) is 1. The van der Waals surface area contributed by atoms with Crippen LogP contribution in [-0.2, 0) is 9.53 Å². The van der Waals surface area contributed by atoms with Gasteiger partial charge in [0.15, 0.2) is 0 Å². The van der Waals surface area contributed by atoms with Crippen LogP contribution in [0.3, 0.4) is 0 Å². The van der Waals surface area contributed by atoms with Gasteiger partial charge in [0.2, 0.25) is 5.91 Å². The van der Waals surface area contributed by atoms with E-state index in [1.54, 1.807) is 20.8 Å². The highest BCUT2D eigenvalue weighted by Gasteiger charge is 2.24. The molecule has 0 unspecified atom stereocenters. The van der Waals surface area contributed by atoms with E-state index in [9.17, 15) is 9.59 Å². The van der Waals surface area contributed by atoms with E-state index in [1.807, 2.05) is 29.2 Å². The van der Waals surface area contributed by atoms with Crippen LogP contribution < -0.4 is 5.32 Å². The molecule has 6 nitrogen and oxygen atoms in total. The monoisotopic (exact) mass is 463 g/mol. The predicted octanol–water partition coefficient (Wildman–Crippen LogP) is 5.44. The lowest BCUT2D eigenvalue weighted by atomic mass is 10.1. The SMILES string of the molecule is CCCN(CCC)C(=O)C1=Cc2ccc(Br)cc2N=C(NC(=O)OC(C)(C)C)C1. The van der Waals surface area contributed by atoms with Gasteiger partial charge in [-0.1, -0.05) is 35.8 Å². The molecule has 0 atom stereocenters. The summed E-state index contributed by atoms with van der Waals surface area (Å²) in [4.78, 5) is 32.0. The summed E-state index contributed by atoms with van der Waals surface area (Å²) in [6, 6.07) is 5.69. The van der Waals surface area contributed by atoms with Gasteiger partial charge in [-0.15, -0.1) is 0 Å². The van der Waals surface area contributed by atoms with Gasteiger partial charge in [-0.3, -0.25) is 10.1 Å². The van der Waals surface area contributed by atoms with Crippen molar-refractivity contribution >= 4 is 45.5 Å². The third kappa shape index (κ3) is 6.99. The van der Waals surface area contributed by atoms with E-state index in [1.165, 1.54) is 0 Å². The highest BCUT2D eigenvalue weighted by Crippen LogP contribution is 2.30. The number of nitrogens with one attached hydrogen (secondary N) is 1. The van der Waals surface area contributed by atoms with Gasteiger partial charge in [-0.25, -0.2) is 9.79 Å². The van der Waals surface area contributed by atoms with Crippen molar-refractivity contribution in [1.82, 2.24) is 10.2 Å². The first-order valence-electron chi connectivity index (χ1n) is 10.00. The molecule has 0 aliphatic carbocycles. The van der Waals surface area contributed by atoms with Crippen LogP contribution in [-0.4, -0.2) is 41.4 Å². The first kappa shape index (κ1) is 23.1. The van der Waals surface area contributed by atoms with E-state index in [0.717, 1.165) is 22.9 Å². The summed E-state index contributed by atoms with van der Waals surface area (Å²) in [5, 5.41) is 2.73. The lowest BCUT2D eigenvalue weighted by Gasteiger charge is -2.23. The van der Waals surface area contributed by atoms with Crippen LogP contribution in [0.15, 0.2) is 33.2 Å². The first-order chi connectivity index (χ1) is 13.6. The number of carbonyl (C=O) groups excluding carboxylic acids is 2. The van der Waals surface area contributed by atoms with Gasteiger partial charge in [0.1, 0.15) is 11.4 Å². The maximum Gasteiger partial charge on any atom is 0.413 e. The van der Waals surface area contributed by atoms with Gasteiger partial charge in [0.25, 0.3) is 0 Å². The van der Waals surface area contributed by atoms with Crippen molar-refractivity contribution in [1.29, 1.82) is 0 Å². The van der Waals surface area contributed by atoms with E-state index in [0.29, 0.717) is 30.2 Å². The summed E-state index contributed by atoms with van der Waals surface area (Å²) in [6.07, 6.45) is 3.30. The lowest BCUT2D eigenvalue weighted by molar-refractivity contribution is -0.127. The smallest absolute Gasteiger partial charge is 0.413 e. The van der Waals surface area contributed by atoms with Crippen molar-refractivity contribution in [3.8, 4) is 0 Å². The number of benzene rings is 1. The molecule has 1 aromatic carbocycles. The number of ether oxygens (including phenoxy) is 1. The molecule has 0 fully saturated rings. The average molecular weight is 464 g/mol. The zero-order valence-electron chi connectivity index (χ0n) is 17.8. The molecule has 1 aromatic rings. The van der Waals surface area contributed by atoms with Crippen molar-refractivity contribution in [2.75, 3.05) is 13.1 Å². The fourth-order valence-corrected chi connectivity index (χ4v) is 3.38. The van der Waals surface area contributed by atoms with Crippen LogP contribution in [0.4, 0.5) is 10.5 Å². The molecule has 1 aliphatic rings. The van der Waals surface area contributed by atoms with Crippen molar-refractivity contribution in [3.63, 3.8) is 0 Å². The number of amidine groups is 1. The molecule has 158 valence electrons. The van der Waals surface area contributed by atoms with Crippen LogP contribution >= 0.6 is 15.9 Å². The summed E-state index contributed by atoms with van der Waals surface area (Å²) in [7, 11) is 0. The highest BCUT2D eigenvalue weighted by molar-refractivity contribution is 9.10. The van der Waals surface area contributed by atoms with Crippen LogP contribution in [0.25, 0.3) is 6.08 Å². The van der Waals surface area contributed by atoms with E-state index >= 15 is 0 Å². The first-order valence-corrected chi connectivity index (χ1v) is 10.8. The van der Waals surface area contributed by atoms with Crippen molar-refractivity contribution in [3.05, 3.63) is 33.8 Å². The normalized spacial score (nSPS) is 13.6. The summed E-state index contributed by atoms with van der Waals surface area (Å²) in [6.45, 7) is 10.9. The molecule has 1 heterocycles. The second kappa shape index (κ2) is 10.1. The third-order valence-electron chi connectivity index (χ3n) is 4.13. The van der Waals surface area contributed by atoms with Crippen LogP contribution in [0, 0.1) is 0 Å². The number of fused-ring (bicyclic) bond motifs is 1. The van der Waals surface area contributed by atoms with Gasteiger partial charge >= 0.3 is 6.09 Å². The summed E-state index contributed by atoms with van der Waals surface area (Å²) in [5.74, 6) is 0.367. The number of alkyl carbamates (subject to hydrolysis) is 1. The van der Waals surface area contributed by atoms with Crippen molar-refractivity contribution in [2.45, 2.75) is 59.5 Å². The van der Waals surface area contributed by atoms with Gasteiger partial charge in [-0.2, -0.15) is 0 Å². The molecule has 2 amide bonds. The molecule has 7 heteroatoms. The molecule has 0 aromatic heterocycles. The van der Waals surface area contributed by atoms with Gasteiger partial charge < -0.3 is 9.64 Å². The second-order valence-electron chi connectivity index (χ2n) is 8.03. The molecule has 0 bridgehead atoms. The third-order valence-corrected chi connectivity index (χ3v) is 4.62. The van der Waals surface area contributed by atoms with E-state index in [2.05, 4.69) is 40.1 Å². The van der Waals surface area contributed by atoms with Gasteiger partial charge in [0, 0.05) is 35.1 Å². The standard InChI is InChI=1S/C22H30BrN3O3/c1-6-10-26(11-7-2)20(27)16-12-15-8-9-17(23)14-18(15)24-19(13-16)25-21(28)29-22(3,4)5/h8-9,12,14H,6-7,10-11,13H2,1-5H3,(H,24,25,28). The Hall–Kier alpha value is -2.15. The number of nitrogens with zero attached hydrogens (tertiary/aromatic N) is 2. The van der Waals surface area contributed by atoms with Crippen LogP contribution in [0.5, 0.6) is 0 Å². The zero-order chi connectivity index (χ0) is 21.6. The van der Waals surface area contributed by atoms with Gasteiger partial charge in [0.05, 0.1) is 5.69 Å². The van der Waals surface area contributed by atoms with Crippen molar-refractivity contribution in [2.24, 2.45) is 4.99 Å². The maximum atomic E-state index is 13.2. The number of halogens is 1. The summed E-state index contributed by atoms with van der Waals surface area (Å²) < 4.78 is 6.23. The molecular weight excluding hydrogens is 434 g/mol. The molecule has 1 N–H and O–H groups in total. The number of amides is 2. The molecule has 29 heavy (non-hydrogen) atoms. The van der Waals surface area contributed by atoms with E-state index in [-0.39, 0.29) is 12.3 Å². The zero-order valence-corrected chi connectivity index (χ0v) is 19.4. The maximum absolute atomic E-state index is 13.2. The minimum Gasteiger partial charge on any atom is -0.444 e. The Balaban J connectivity index is 2.38. The summed E-state index contributed by atoms with van der Waals surface area (Å²) in [5.41, 5.74) is 1.50. The quantitative estimate of drug-likeness (QED) is 0.631. The Kier molecular flexibility index (Phi) is 8.02. The molecule has 0 spiro atoms. The number of carbonyl (C=O) groups is 2. The molecule has 0 radical (unpaired) electrons. The number of rotatable bonds is 5. The van der Waals surface area contributed by atoms with Crippen LogP contribution in [0.1, 0.15) is 59.4 Å². The minimum absolute atomic E-state index is 0.0249. The van der Waals surface area contributed by atoms with Crippen LogP contribution in [0.2, 0.25) is 0 Å². The topological polar surface area (TPSA) is 71.0 Å². The average Bonchev–Trinajstić information content (AvgIpc) is 2.77. The lowest BCUT2D eigenvalue weighted by Crippen LogP contribution is -2.38. The molecule has 0 saturated heterocycles. The van der Waals surface area contributed by atoms with E-state index < -0.39 is 11.7 Å². The Labute approximate surface area is 181 Å². The minimum atomic E-state index is -0.621. The van der Waals surface area contributed by atoms with E-state index in [4.69, 9.17) is 4.74 Å². The second-order valence-corrected chi connectivity index (χ2v) is 8.94. The Bertz CT molecular complexity index is 819. The fraction of sp³-hybridized carbons (Fsp3) is 0.500. The molecule has 0 saturated carbocycles. The largest absolute Gasteiger partial charge is 0.444 e. The highest BCUT2D eigenvalue weighted by atomic mass is 79.9. The Morgan fingerprint density at radius 3 is 2.45 bits per heavy atom. The molecule has 2 rings (SSSR count). The van der Waals surface area contributed by atoms with Gasteiger partial charge in [-0.05, 0) is 51.8 Å². The number of aliphatic imine (C=N–C) groups is 1. The number of hydrogen-bond acceptors (Lipinski definition) is 4. The predicted molar refractivity (Wildman–Crippen MR) is 120 cm³/mol. The summed E-state index contributed by atoms with van der Waals surface area (Å²) >= 11 is 3.46. The van der Waals surface area contributed by atoms with Crippen molar-refractivity contribution < 1.29 is 14.3 Å². The molecular formula is C22H30BrN3O3. The Morgan fingerprint density at radius 2 is 1.86 bits per heavy atom. The Morgan fingerprint density at radius 1 is 1.21 bits per heavy atom.